The highest BCUT2D eigenvalue weighted by atomic mass is 35.5. The fourth-order valence-electron chi connectivity index (χ4n) is 1.79. The molecule has 0 heterocycles. The Morgan fingerprint density at radius 3 is 2.22 bits per heavy atom. The predicted molar refractivity (Wildman–Crippen MR) is 69.9 cm³/mol. The lowest BCUT2D eigenvalue weighted by Gasteiger charge is -2.09. The third-order valence-corrected chi connectivity index (χ3v) is 3.03. The van der Waals surface area contributed by atoms with Gasteiger partial charge in [0.25, 0.3) is 0 Å². The number of halogens is 2. The molecule has 18 heavy (non-hydrogen) atoms. The first-order valence-electron chi connectivity index (χ1n) is 5.58. The van der Waals surface area contributed by atoms with Crippen LogP contribution in [0.2, 0.25) is 5.02 Å². The summed E-state index contributed by atoms with van der Waals surface area (Å²) in [5.41, 5.74) is 1.86. The fraction of sp³-hybridized carbons (Fsp3) is 0.133. The summed E-state index contributed by atoms with van der Waals surface area (Å²) in [5, 5.41) is 9.87. The molecule has 0 saturated carbocycles. The zero-order valence-electron chi connectivity index (χ0n) is 9.61. The molecule has 2 rings (SSSR count). The van der Waals surface area contributed by atoms with Crippen LogP contribution in [0, 0.1) is 17.1 Å². The Labute approximate surface area is 110 Å². The zero-order chi connectivity index (χ0) is 13.0. The number of hydrogen-bond donors (Lipinski definition) is 0. The maximum Gasteiger partial charge on any atom is 0.123 e. The summed E-state index contributed by atoms with van der Waals surface area (Å²) in [4.78, 5) is 0. The van der Waals surface area contributed by atoms with E-state index in [0.717, 1.165) is 11.1 Å². The van der Waals surface area contributed by atoms with E-state index in [9.17, 15) is 9.65 Å². The summed E-state index contributed by atoms with van der Waals surface area (Å²) >= 11 is 5.81. The number of benzene rings is 2. The molecular formula is C15H11ClFN. The van der Waals surface area contributed by atoms with E-state index in [2.05, 4.69) is 6.07 Å². The van der Waals surface area contributed by atoms with Gasteiger partial charge in [-0.3, -0.25) is 0 Å². The molecule has 2 aromatic carbocycles. The number of nitriles is 1. The van der Waals surface area contributed by atoms with Gasteiger partial charge in [-0.2, -0.15) is 5.26 Å². The Kier molecular flexibility index (Phi) is 3.96. The maximum absolute atomic E-state index is 12.8. The van der Waals surface area contributed by atoms with Crippen molar-refractivity contribution in [3.63, 3.8) is 0 Å². The van der Waals surface area contributed by atoms with E-state index in [1.807, 2.05) is 12.1 Å². The summed E-state index contributed by atoms with van der Waals surface area (Å²) < 4.78 is 12.8. The molecule has 2 aromatic rings. The third-order valence-electron chi connectivity index (χ3n) is 2.78. The molecule has 1 atom stereocenters. The number of rotatable bonds is 3. The minimum atomic E-state index is -0.290. The standard InChI is InChI=1S/C15H11ClFN/c16-14-5-1-11(2-6-14)9-13(10-18)12-3-7-15(17)8-4-12/h1-8,13H,9H2. The summed E-state index contributed by atoms with van der Waals surface area (Å²) in [6.07, 6.45) is 0.597. The molecule has 0 aliphatic rings. The van der Waals surface area contributed by atoms with Crippen molar-refractivity contribution < 1.29 is 4.39 Å². The second kappa shape index (κ2) is 5.66. The molecule has 0 aliphatic heterocycles. The maximum atomic E-state index is 12.8. The molecule has 3 heteroatoms. The minimum absolute atomic E-state index is 0.272. The van der Waals surface area contributed by atoms with Gasteiger partial charge in [-0.15, -0.1) is 0 Å². The van der Waals surface area contributed by atoms with Crippen LogP contribution in [0.15, 0.2) is 48.5 Å². The van der Waals surface area contributed by atoms with E-state index < -0.39 is 0 Å². The quantitative estimate of drug-likeness (QED) is 0.805. The van der Waals surface area contributed by atoms with E-state index in [1.165, 1.54) is 12.1 Å². The predicted octanol–water partition coefficient (Wildman–Crippen LogP) is 4.33. The average molecular weight is 260 g/mol. The van der Waals surface area contributed by atoms with E-state index in [0.29, 0.717) is 11.4 Å². The van der Waals surface area contributed by atoms with Crippen LogP contribution in [-0.4, -0.2) is 0 Å². The van der Waals surface area contributed by atoms with Crippen LogP contribution in [-0.2, 0) is 6.42 Å². The molecule has 90 valence electrons. The molecular weight excluding hydrogens is 249 g/mol. The van der Waals surface area contributed by atoms with Gasteiger partial charge in [-0.05, 0) is 41.8 Å². The molecule has 0 radical (unpaired) electrons. The lowest BCUT2D eigenvalue weighted by atomic mass is 9.93. The first-order chi connectivity index (χ1) is 8.69. The minimum Gasteiger partial charge on any atom is -0.207 e. The Balaban J connectivity index is 2.17. The van der Waals surface area contributed by atoms with E-state index >= 15 is 0 Å². The molecule has 0 saturated heterocycles. The van der Waals surface area contributed by atoms with Crippen molar-refractivity contribution in [3.8, 4) is 6.07 Å². The van der Waals surface area contributed by atoms with Gasteiger partial charge in [0, 0.05) is 5.02 Å². The van der Waals surface area contributed by atoms with Gasteiger partial charge in [0.2, 0.25) is 0 Å². The van der Waals surface area contributed by atoms with Crippen LogP contribution >= 0.6 is 11.6 Å². The normalized spacial score (nSPS) is 11.8. The van der Waals surface area contributed by atoms with Crippen LogP contribution in [0.1, 0.15) is 17.0 Å². The highest BCUT2D eigenvalue weighted by Gasteiger charge is 2.11. The van der Waals surface area contributed by atoms with Gasteiger partial charge in [0.05, 0.1) is 12.0 Å². The topological polar surface area (TPSA) is 23.8 Å². The largest absolute Gasteiger partial charge is 0.207 e. The molecule has 0 bridgehead atoms. The smallest absolute Gasteiger partial charge is 0.123 e. The fourth-order valence-corrected chi connectivity index (χ4v) is 1.92. The Morgan fingerprint density at radius 1 is 1.06 bits per heavy atom. The first-order valence-corrected chi connectivity index (χ1v) is 5.96. The Morgan fingerprint density at radius 2 is 1.67 bits per heavy atom. The van der Waals surface area contributed by atoms with E-state index in [-0.39, 0.29) is 11.7 Å². The second-order valence-electron chi connectivity index (χ2n) is 4.06. The molecule has 0 aromatic heterocycles. The average Bonchev–Trinajstić information content (AvgIpc) is 2.39. The molecule has 0 N–H and O–H groups in total. The van der Waals surface area contributed by atoms with Crippen molar-refractivity contribution in [1.29, 1.82) is 5.26 Å². The second-order valence-corrected chi connectivity index (χ2v) is 4.50. The van der Waals surface area contributed by atoms with Crippen molar-refractivity contribution in [1.82, 2.24) is 0 Å². The van der Waals surface area contributed by atoms with Gasteiger partial charge in [-0.1, -0.05) is 35.9 Å². The molecule has 0 aliphatic carbocycles. The first kappa shape index (κ1) is 12.6. The van der Waals surface area contributed by atoms with Crippen molar-refractivity contribution in [2.24, 2.45) is 0 Å². The molecule has 0 spiro atoms. The van der Waals surface area contributed by atoms with Gasteiger partial charge in [0.1, 0.15) is 5.82 Å². The van der Waals surface area contributed by atoms with Crippen LogP contribution < -0.4 is 0 Å². The molecule has 0 amide bonds. The van der Waals surface area contributed by atoms with Crippen molar-refractivity contribution in [3.05, 3.63) is 70.5 Å². The van der Waals surface area contributed by atoms with Gasteiger partial charge in [0.15, 0.2) is 0 Å². The van der Waals surface area contributed by atoms with Crippen LogP contribution in [0.5, 0.6) is 0 Å². The van der Waals surface area contributed by atoms with Crippen LogP contribution in [0.4, 0.5) is 4.39 Å². The summed E-state index contributed by atoms with van der Waals surface area (Å²) in [6.45, 7) is 0. The van der Waals surface area contributed by atoms with E-state index in [4.69, 9.17) is 11.6 Å². The monoisotopic (exact) mass is 259 g/mol. The third kappa shape index (κ3) is 3.09. The van der Waals surface area contributed by atoms with Gasteiger partial charge < -0.3 is 0 Å². The lowest BCUT2D eigenvalue weighted by Crippen LogP contribution is -2.00. The van der Waals surface area contributed by atoms with Crippen molar-refractivity contribution >= 4 is 11.6 Å². The van der Waals surface area contributed by atoms with Gasteiger partial charge in [-0.25, -0.2) is 4.39 Å². The Bertz CT molecular complexity index is 555. The molecule has 0 fully saturated rings. The van der Waals surface area contributed by atoms with Crippen LogP contribution in [0.25, 0.3) is 0 Å². The number of nitrogens with zero attached hydrogens (tertiary/aromatic N) is 1. The highest BCUT2D eigenvalue weighted by Crippen LogP contribution is 2.21. The van der Waals surface area contributed by atoms with Crippen LogP contribution in [0.3, 0.4) is 0 Å². The van der Waals surface area contributed by atoms with Crippen molar-refractivity contribution in [2.75, 3.05) is 0 Å². The highest BCUT2D eigenvalue weighted by molar-refractivity contribution is 6.30. The summed E-state index contributed by atoms with van der Waals surface area (Å²) in [7, 11) is 0. The Hall–Kier alpha value is -1.85. The van der Waals surface area contributed by atoms with E-state index in [1.54, 1.807) is 24.3 Å². The van der Waals surface area contributed by atoms with Gasteiger partial charge >= 0.3 is 0 Å². The number of hydrogen-bond acceptors (Lipinski definition) is 1. The van der Waals surface area contributed by atoms with Crippen molar-refractivity contribution in [2.45, 2.75) is 12.3 Å². The molecule has 1 unspecified atom stereocenters. The summed E-state index contributed by atoms with van der Waals surface area (Å²) in [5.74, 6) is -0.561. The SMILES string of the molecule is N#CC(Cc1ccc(Cl)cc1)c1ccc(F)cc1. The summed E-state index contributed by atoms with van der Waals surface area (Å²) in [6, 6.07) is 15.7. The zero-order valence-corrected chi connectivity index (χ0v) is 10.4. The lowest BCUT2D eigenvalue weighted by molar-refractivity contribution is 0.626. The molecule has 1 nitrogen and oxygen atoms in total.